The fourth-order valence-corrected chi connectivity index (χ4v) is 1.28. The first-order valence-corrected chi connectivity index (χ1v) is 3.99. The van der Waals surface area contributed by atoms with Crippen molar-refractivity contribution in [3.05, 3.63) is 0 Å². The third kappa shape index (κ3) is 1.54. The monoisotopic (exact) mass is 158 g/mol. The third-order valence-electron chi connectivity index (χ3n) is 2.23. The van der Waals surface area contributed by atoms with Crippen LogP contribution in [0.5, 0.6) is 0 Å². The molecular weight excluding hydrogens is 140 g/mol. The average Bonchev–Trinajstić information content (AvgIpc) is 2.17. The fraction of sp³-hybridized carbons (Fsp3) is 1.00. The summed E-state index contributed by atoms with van der Waals surface area (Å²) < 4.78 is 0. The van der Waals surface area contributed by atoms with E-state index in [0.29, 0.717) is 6.04 Å². The van der Waals surface area contributed by atoms with Crippen LogP contribution in [-0.4, -0.2) is 54.1 Å². The van der Waals surface area contributed by atoms with E-state index >= 15 is 0 Å². The second kappa shape index (κ2) is 3.06. The highest BCUT2D eigenvalue weighted by Gasteiger charge is 2.29. The Labute approximate surface area is 68.9 Å². The van der Waals surface area contributed by atoms with E-state index in [4.69, 9.17) is 0 Å². The van der Waals surface area contributed by atoms with Crippen molar-refractivity contribution in [2.24, 2.45) is 0 Å². The molecule has 4 nitrogen and oxygen atoms in total. The molecule has 0 spiro atoms. The summed E-state index contributed by atoms with van der Waals surface area (Å²) in [6.07, 6.45) is 0. The number of hydrogen-bond donors (Lipinski definition) is 0. The van der Waals surface area contributed by atoms with Crippen molar-refractivity contribution in [3.8, 4) is 0 Å². The van der Waals surface area contributed by atoms with Crippen LogP contribution in [0.3, 0.4) is 0 Å². The van der Waals surface area contributed by atoms with Gasteiger partial charge < -0.3 is 0 Å². The summed E-state index contributed by atoms with van der Waals surface area (Å²) in [7, 11) is 6.21. The quantitative estimate of drug-likeness (QED) is 0.541. The van der Waals surface area contributed by atoms with E-state index in [0.717, 1.165) is 6.67 Å². The highest BCUT2D eigenvalue weighted by Crippen LogP contribution is 2.14. The second-order valence-corrected chi connectivity index (χ2v) is 3.31. The van der Waals surface area contributed by atoms with Crippen LogP contribution < -0.4 is 0 Å². The molecule has 0 unspecified atom stereocenters. The van der Waals surface area contributed by atoms with Gasteiger partial charge in [0.1, 0.15) is 0 Å². The van der Waals surface area contributed by atoms with Crippen molar-refractivity contribution in [1.82, 2.24) is 20.3 Å². The number of rotatable bonds is 1. The van der Waals surface area contributed by atoms with Gasteiger partial charge in [-0.1, -0.05) is 0 Å². The third-order valence-corrected chi connectivity index (χ3v) is 2.23. The smallest absolute Gasteiger partial charge is 0.0813 e. The van der Waals surface area contributed by atoms with Crippen LogP contribution in [0.15, 0.2) is 0 Å². The van der Waals surface area contributed by atoms with E-state index in [1.807, 2.05) is 0 Å². The largest absolute Gasteiger partial charge is 0.215 e. The Morgan fingerprint density at radius 1 is 1.00 bits per heavy atom. The van der Waals surface area contributed by atoms with Crippen LogP contribution in [0, 0.1) is 0 Å². The Morgan fingerprint density at radius 3 is 1.73 bits per heavy atom. The van der Waals surface area contributed by atoms with Gasteiger partial charge in [-0.15, -0.1) is 0 Å². The highest BCUT2D eigenvalue weighted by molar-refractivity contribution is 4.61. The van der Waals surface area contributed by atoms with Crippen molar-refractivity contribution in [2.45, 2.75) is 19.9 Å². The summed E-state index contributed by atoms with van der Waals surface area (Å²) in [5.41, 5.74) is 0. The molecule has 0 radical (unpaired) electrons. The zero-order valence-corrected chi connectivity index (χ0v) is 8.07. The molecule has 0 amide bonds. The predicted octanol–water partition coefficient (Wildman–Crippen LogP) is 0.208. The minimum atomic E-state index is 0.562. The first-order valence-electron chi connectivity index (χ1n) is 3.99. The maximum Gasteiger partial charge on any atom is 0.0813 e. The molecule has 0 aromatic rings. The second-order valence-electron chi connectivity index (χ2n) is 3.31. The summed E-state index contributed by atoms with van der Waals surface area (Å²) in [5, 5.41) is 8.69. The minimum absolute atomic E-state index is 0.562. The van der Waals surface area contributed by atoms with E-state index in [1.165, 1.54) is 0 Å². The lowest BCUT2D eigenvalue weighted by Crippen LogP contribution is -2.43. The highest BCUT2D eigenvalue weighted by atomic mass is 16.0. The molecule has 0 aromatic heterocycles. The van der Waals surface area contributed by atoms with E-state index in [1.54, 1.807) is 0 Å². The molecule has 0 atom stereocenters. The van der Waals surface area contributed by atoms with Crippen molar-refractivity contribution < 1.29 is 0 Å². The maximum atomic E-state index is 2.29. The summed E-state index contributed by atoms with van der Waals surface area (Å²) in [6, 6.07) is 0.562. The molecule has 4 heteroatoms. The lowest BCUT2D eigenvalue weighted by Gasteiger charge is -2.29. The summed E-state index contributed by atoms with van der Waals surface area (Å²) in [4.78, 5) is 0. The zero-order valence-electron chi connectivity index (χ0n) is 8.07. The van der Waals surface area contributed by atoms with Gasteiger partial charge in [0.15, 0.2) is 0 Å². The molecule has 0 N–H and O–H groups in total. The molecule has 1 heterocycles. The number of hydrazine groups is 3. The van der Waals surface area contributed by atoms with E-state index in [9.17, 15) is 0 Å². The summed E-state index contributed by atoms with van der Waals surface area (Å²) >= 11 is 0. The van der Waals surface area contributed by atoms with Gasteiger partial charge in [0.05, 0.1) is 6.67 Å². The maximum absolute atomic E-state index is 2.29. The van der Waals surface area contributed by atoms with Crippen LogP contribution in [0.4, 0.5) is 0 Å². The molecule has 0 aromatic carbocycles. The predicted molar refractivity (Wildman–Crippen MR) is 45.1 cm³/mol. The number of hydrogen-bond acceptors (Lipinski definition) is 4. The molecule has 0 aliphatic carbocycles. The van der Waals surface area contributed by atoms with Crippen molar-refractivity contribution in [3.63, 3.8) is 0 Å². The Kier molecular flexibility index (Phi) is 2.49. The molecule has 11 heavy (non-hydrogen) atoms. The van der Waals surface area contributed by atoms with Gasteiger partial charge in [-0.3, -0.25) is 0 Å². The molecule has 1 aliphatic heterocycles. The Hall–Kier alpha value is -0.160. The summed E-state index contributed by atoms with van der Waals surface area (Å²) in [5.74, 6) is 0. The molecule has 0 bridgehead atoms. The van der Waals surface area contributed by atoms with Crippen molar-refractivity contribution in [2.75, 3.05) is 27.8 Å². The first-order chi connectivity index (χ1) is 5.04. The standard InChI is InChI=1S/C7H18N4/c1-7(2)11-6-8(3)9(4)10(11)5/h7H,6H2,1-5H3. The van der Waals surface area contributed by atoms with Gasteiger partial charge >= 0.3 is 0 Å². The van der Waals surface area contributed by atoms with Gasteiger partial charge in [-0.2, -0.15) is 10.2 Å². The van der Waals surface area contributed by atoms with Gasteiger partial charge in [0, 0.05) is 27.2 Å². The van der Waals surface area contributed by atoms with Crippen molar-refractivity contribution >= 4 is 0 Å². The van der Waals surface area contributed by atoms with E-state index in [-0.39, 0.29) is 0 Å². The minimum Gasteiger partial charge on any atom is -0.215 e. The molecule has 66 valence electrons. The van der Waals surface area contributed by atoms with Gasteiger partial charge in [0.25, 0.3) is 0 Å². The van der Waals surface area contributed by atoms with Crippen LogP contribution >= 0.6 is 0 Å². The molecule has 1 fully saturated rings. The first kappa shape index (κ1) is 8.93. The summed E-state index contributed by atoms with van der Waals surface area (Å²) in [6.45, 7) is 5.37. The van der Waals surface area contributed by atoms with Gasteiger partial charge in [-0.05, 0) is 13.8 Å². The normalized spacial score (nSPS) is 25.6. The fourth-order valence-electron chi connectivity index (χ4n) is 1.28. The average molecular weight is 158 g/mol. The van der Waals surface area contributed by atoms with E-state index < -0.39 is 0 Å². The Bertz CT molecular complexity index is 136. The van der Waals surface area contributed by atoms with Crippen LogP contribution in [0.1, 0.15) is 13.8 Å². The van der Waals surface area contributed by atoms with Gasteiger partial charge in [0.2, 0.25) is 0 Å². The molecule has 0 saturated carbocycles. The topological polar surface area (TPSA) is 13.0 Å². The van der Waals surface area contributed by atoms with Crippen LogP contribution in [0.2, 0.25) is 0 Å². The zero-order chi connectivity index (χ0) is 8.59. The molecule has 1 saturated heterocycles. The lowest BCUT2D eigenvalue weighted by molar-refractivity contribution is -0.143. The Morgan fingerprint density at radius 2 is 1.55 bits per heavy atom. The molecular formula is C7H18N4. The molecule has 1 rings (SSSR count). The van der Waals surface area contributed by atoms with Crippen LogP contribution in [0.25, 0.3) is 0 Å². The van der Waals surface area contributed by atoms with Crippen molar-refractivity contribution in [1.29, 1.82) is 0 Å². The molecule has 1 aliphatic rings. The Balaban J connectivity index is 2.59. The lowest BCUT2D eigenvalue weighted by atomic mass is 10.4. The number of nitrogens with zero attached hydrogens (tertiary/aromatic N) is 4. The van der Waals surface area contributed by atoms with Gasteiger partial charge in [-0.25, -0.2) is 10.0 Å². The van der Waals surface area contributed by atoms with Crippen LogP contribution in [-0.2, 0) is 0 Å². The van der Waals surface area contributed by atoms with E-state index in [2.05, 4.69) is 55.2 Å². The SMILES string of the molecule is CC(C)N1CN(C)N(C)N1C.